The molecule has 0 aliphatic heterocycles. The quantitative estimate of drug-likeness (QED) is 0.798. The summed E-state index contributed by atoms with van der Waals surface area (Å²) in [6, 6.07) is 7.77. The van der Waals surface area contributed by atoms with E-state index in [1.807, 2.05) is 24.3 Å². The van der Waals surface area contributed by atoms with E-state index in [0.717, 1.165) is 39.9 Å². The Morgan fingerprint density at radius 3 is 3.05 bits per heavy atom. The first kappa shape index (κ1) is 12.2. The van der Waals surface area contributed by atoms with Gasteiger partial charge in [-0.25, -0.2) is 0 Å². The zero-order valence-electron chi connectivity index (χ0n) is 10.1. The van der Waals surface area contributed by atoms with Crippen molar-refractivity contribution in [3.63, 3.8) is 0 Å². The van der Waals surface area contributed by atoms with Crippen LogP contribution in [0.4, 0.5) is 5.69 Å². The standard InChI is InChI=1S/C14H12BrN3O/c15-10-8-13-14(18-9-10)12(4-6-17-13)16-5-3-11-2-1-7-19-11/h1-2,4,6-9H,3,5H2,(H,16,17). The number of rotatable bonds is 4. The van der Waals surface area contributed by atoms with E-state index in [4.69, 9.17) is 4.42 Å². The molecule has 3 aromatic rings. The van der Waals surface area contributed by atoms with Crippen molar-refractivity contribution in [2.24, 2.45) is 0 Å². The summed E-state index contributed by atoms with van der Waals surface area (Å²) in [5.41, 5.74) is 2.74. The van der Waals surface area contributed by atoms with Crippen molar-refractivity contribution in [2.45, 2.75) is 6.42 Å². The highest BCUT2D eigenvalue weighted by Gasteiger charge is 2.04. The molecule has 0 spiro atoms. The van der Waals surface area contributed by atoms with Crippen LogP contribution in [0.3, 0.4) is 0 Å². The van der Waals surface area contributed by atoms with Gasteiger partial charge in [-0.1, -0.05) is 0 Å². The Balaban J connectivity index is 1.77. The Hall–Kier alpha value is -1.88. The minimum atomic E-state index is 0.796. The highest BCUT2D eigenvalue weighted by Crippen LogP contribution is 2.21. The molecule has 5 heteroatoms. The minimum Gasteiger partial charge on any atom is -0.469 e. The largest absolute Gasteiger partial charge is 0.469 e. The number of fused-ring (bicyclic) bond motifs is 1. The highest BCUT2D eigenvalue weighted by molar-refractivity contribution is 9.10. The lowest BCUT2D eigenvalue weighted by Crippen LogP contribution is -2.05. The lowest BCUT2D eigenvalue weighted by atomic mass is 10.2. The minimum absolute atomic E-state index is 0.796. The van der Waals surface area contributed by atoms with Crippen molar-refractivity contribution >= 4 is 32.7 Å². The molecule has 0 bridgehead atoms. The summed E-state index contributed by atoms with van der Waals surface area (Å²) in [6.07, 6.45) is 6.09. The van der Waals surface area contributed by atoms with E-state index in [-0.39, 0.29) is 0 Å². The van der Waals surface area contributed by atoms with Crippen molar-refractivity contribution in [1.82, 2.24) is 9.97 Å². The van der Waals surface area contributed by atoms with Crippen LogP contribution in [-0.4, -0.2) is 16.5 Å². The van der Waals surface area contributed by atoms with Crippen LogP contribution in [0.5, 0.6) is 0 Å². The van der Waals surface area contributed by atoms with Gasteiger partial charge < -0.3 is 9.73 Å². The van der Waals surface area contributed by atoms with Crippen molar-refractivity contribution in [1.29, 1.82) is 0 Å². The summed E-state index contributed by atoms with van der Waals surface area (Å²) in [4.78, 5) is 8.71. The molecule has 0 radical (unpaired) electrons. The van der Waals surface area contributed by atoms with Crippen molar-refractivity contribution in [3.05, 3.63) is 53.2 Å². The molecule has 3 heterocycles. The highest BCUT2D eigenvalue weighted by atomic mass is 79.9. The molecule has 0 amide bonds. The van der Waals surface area contributed by atoms with Gasteiger partial charge >= 0.3 is 0 Å². The van der Waals surface area contributed by atoms with Crippen LogP contribution in [0, 0.1) is 0 Å². The molecular weight excluding hydrogens is 306 g/mol. The van der Waals surface area contributed by atoms with Gasteiger partial charge in [0, 0.05) is 29.8 Å². The Labute approximate surface area is 119 Å². The van der Waals surface area contributed by atoms with Crippen LogP contribution < -0.4 is 5.32 Å². The maximum atomic E-state index is 5.30. The zero-order valence-corrected chi connectivity index (χ0v) is 11.7. The average molecular weight is 318 g/mol. The predicted molar refractivity (Wildman–Crippen MR) is 78.1 cm³/mol. The van der Waals surface area contributed by atoms with E-state index >= 15 is 0 Å². The third kappa shape index (κ3) is 2.76. The summed E-state index contributed by atoms with van der Waals surface area (Å²) in [5, 5.41) is 3.37. The molecule has 4 nitrogen and oxygen atoms in total. The van der Waals surface area contributed by atoms with Gasteiger partial charge in [0.2, 0.25) is 0 Å². The first-order valence-electron chi connectivity index (χ1n) is 5.99. The smallest absolute Gasteiger partial charge is 0.112 e. The molecule has 0 atom stereocenters. The van der Waals surface area contributed by atoms with E-state index in [1.54, 1.807) is 18.7 Å². The second-order valence-electron chi connectivity index (χ2n) is 4.14. The Kier molecular flexibility index (Phi) is 3.46. The van der Waals surface area contributed by atoms with Gasteiger partial charge in [0.25, 0.3) is 0 Å². The lowest BCUT2D eigenvalue weighted by molar-refractivity contribution is 0.513. The molecule has 96 valence electrons. The van der Waals surface area contributed by atoms with E-state index in [0.29, 0.717) is 0 Å². The first-order valence-corrected chi connectivity index (χ1v) is 6.79. The summed E-state index contributed by atoms with van der Waals surface area (Å²) >= 11 is 3.40. The third-order valence-corrected chi connectivity index (χ3v) is 3.24. The van der Waals surface area contributed by atoms with Crippen molar-refractivity contribution in [2.75, 3.05) is 11.9 Å². The number of nitrogens with one attached hydrogen (secondary N) is 1. The van der Waals surface area contributed by atoms with Gasteiger partial charge in [-0.2, -0.15) is 0 Å². The van der Waals surface area contributed by atoms with Gasteiger partial charge in [0.05, 0.1) is 17.5 Å². The fourth-order valence-electron chi connectivity index (χ4n) is 1.92. The van der Waals surface area contributed by atoms with Crippen LogP contribution in [0.15, 0.2) is 51.8 Å². The van der Waals surface area contributed by atoms with Crippen LogP contribution in [0.25, 0.3) is 11.0 Å². The van der Waals surface area contributed by atoms with Crippen LogP contribution in [0.1, 0.15) is 5.76 Å². The number of hydrogen-bond donors (Lipinski definition) is 1. The van der Waals surface area contributed by atoms with Gasteiger partial charge in [-0.15, -0.1) is 0 Å². The molecule has 3 rings (SSSR count). The molecule has 0 aliphatic rings. The van der Waals surface area contributed by atoms with Crippen molar-refractivity contribution in [3.8, 4) is 0 Å². The zero-order chi connectivity index (χ0) is 13.1. The summed E-state index contributed by atoms with van der Waals surface area (Å²) < 4.78 is 6.23. The lowest BCUT2D eigenvalue weighted by Gasteiger charge is -2.07. The van der Waals surface area contributed by atoms with Crippen LogP contribution >= 0.6 is 15.9 Å². The van der Waals surface area contributed by atoms with Gasteiger partial charge in [0.15, 0.2) is 0 Å². The summed E-state index contributed by atoms with van der Waals surface area (Å²) in [5.74, 6) is 0.974. The molecule has 19 heavy (non-hydrogen) atoms. The third-order valence-electron chi connectivity index (χ3n) is 2.81. The first-order chi connectivity index (χ1) is 9.33. The number of hydrogen-bond acceptors (Lipinski definition) is 4. The molecule has 1 N–H and O–H groups in total. The molecule has 0 unspecified atom stereocenters. The number of pyridine rings is 2. The van der Waals surface area contributed by atoms with Gasteiger partial charge in [0.1, 0.15) is 11.3 Å². The molecule has 3 aromatic heterocycles. The van der Waals surface area contributed by atoms with Crippen molar-refractivity contribution < 1.29 is 4.42 Å². The fraction of sp³-hybridized carbons (Fsp3) is 0.143. The van der Waals surface area contributed by atoms with E-state index in [9.17, 15) is 0 Å². The van der Waals surface area contributed by atoms with Crippen LogP contribution in [0.2, 0.25) is 0 Å². The SMILES string of the molecule is Brc1cnc2c(NCCc3ccco3)ccnc2c1. The second kappa shape index (κ2) is 5.40. The van der Waals surface area contributed by atoms with E-state index in [1.165, 1.54) is 0 Å². The topological polar surface area (TPSA) is 51.0 Å². The number of nitrogens with zero attached hydrogens (tertiary/aromatic N) is 2. The maximum Gasteiger partial charge on any atom is 0.112 e. The maximum absolute atomic E-state index is 5.30. The number of aromatic nitrogens is 2. The molecule has 0 saturated carbocycles. The van der Waals surface area contributed by atoms with E-state index in [2.05, 4.69) is 31.2 Å². The molecule has 0 aliphatic carbocycles. The second-order valence-corrected chi connectivity index (χ2v) is 5.05. The Bertz CT molecular complexity index is 682. The average Bonchev–Trinajstić information content (AvgIpc) is 2.92. The number of furan rings is 1. The van der Waals surface area contributed by atoms with Crippen LogP contribution in [-0.2, 0) is 6.42 Å². The summed E-state index contributed by atoms with van der Waals surface area (Å²) in [7, 11) is 0. The number of halogens is 1. The molecule has 0 aromatic carbocycles. The molecular formula is C14H12BrN3O. The fourth-order valence-corrected chi connectivity index (χ4v) is 2.24. The van der Waals surface area contributed by atoms with E-state index < -0.39 is 0 Å². The Morgan fingerprint density at radius 1 is 1.26 bits per heavy atom. The summed E-state index contributed by atoms with van der Waals surface area (Å²) in [6.45, 7) is 0.796. The predicted octanol–water partition coefficient (Wildman–Crippen LogP) is 3.64. The normalized spacial score (nSPS) is 10.8. The van der Waals surface area contributed by atoms with Gasteiger partial charge in [-0.3, -0.25) is 9.97 Å². The van der Waals surface area contributed by atoms with Gasteiger partial charge in [-0.05, 0) is 40.2 Å². The monoisotopic (exact) mass is 317 g/mol. The Morgan fingerprint density at radius 2 is 2.21 bits per heavy atom. The molecule has 0 saturated heterocycles. The molecule has 0 fully saturated rings. The number of anilines is 1.